The Labute approximate surface area is 152 Å². The molecular formula is C20H22N4O2. The molecule has 1 N–H and O–H groups in total. The zero-order chi connectivity index (χ0) is 18.4. The van der Waals surface area contributed by atoms with E-state index in [0.717, 1.165) is 16.8 Å². The molecule has 3 rings (SSSR count). The van der Waals surface area contributed by atoms with E-state index in [-0.39, 0.29) is 12.4 Å². The van der Waals surface area contributed by atoms with E-state index in [4.69, 9.17) is 4.74 Å². The Hall–Kier alpha value is -2.99. The molecule has 1 unspecified atom stereocenters. The molecule has 2 aromatic heterocycles. The SMILES string of the molecule is COC(=O)CC(C)(NCc1cccc(-n2cccn2)c1)c1ccncc1. The minimum absolute atomic E-state index is 0.229. The van der Waals surface area contributed by atoms with Gasteiger partial charge in [0.15, 0.2) is 0 Å². The Morgan fingerprint density at radius 3 is 2.69 bits per heavy atom. The number of hydrogen-bond donors (Lipinski definition) is 1. The van der Waals surface area contributed by atoms with Crippen LogP contribution in [0.5, 0.6) is 0 Å². The zero-order valence-electron chi connectivity index (χ0n) is 14.9. The summed E-state index contributed by atoms with van der Waals surface area (Å²) in [5, 5.41) is 7.77. The van der Waals surface area contributed by atoms with Crippen LogP contribution in [0.2, 0.25) is 0 Å². The summed E-state index contributed by atoms with van der Waals surface area (Å²) < 4.78 is 6.70. The lowest BCUT2D eigenvalue weighted by atomic mass is 9.89. The van der Waals surface area contributed by atoms with Crippen molar-refractivity contribution in [3.05, 3.63) is 78.4 Å². The fraction of sp³-hybridized carbons (Fsp3) is 0.250. The third-order valence-electron chi connectivity index (χ3n) is 4.41. The number of nitrogens with zero attached hydrogens (tertiary/aromatic N) is 3. The maximum atomic E-state index is 11.9. The van der Waals surface area contributed by atoms with Gasteiger partial charge in [0.1, 0.15) is 0 Å². The van der Waals surface area contributed by atoms with Crippen molar-refractivity contribution >= 4 is 5.97 Å². The number of carbonyl (C=O) groups excluding carboxylic acids is 1. The van der Waals surface area contributed by atoms with E-state index < -0.39 is 5.54 Å². The van der Waals surface area contributed by atoms with E-state index in [1.807, 2.05) is 54.2 Å². The summed E-state index contributed by atoms with van der Waals surface area (Å²) in [7, 11) is 1.41. The van der Waals surface area contributed by atoms with E-state index in [9.17, 15) is 4.79 Å². The quantitative estimate of drug-likeness (QED) is 0.664. The van der Waals surface area contributed by atoms with Crippen molar-refractivity contribution in [3.63, 3.8) is 0 Å². The highest BCUT2D eigenvalue weighted by atomic mass is 16.5. The van der Waals surface area contributed by atoms with Crippen LogP contribution in [0.25, 0.3) is 5.69 Å². The molecule has 0 spiro atoms. The molecule has 6 nitrogen and oxygen atoms in total. The number of ether oxygens (including phenoxy) is 1. The molecule has 134 valence electrons. The smallest absolute Gasteiger partial charge is 0.307 e. The predicted octanol–water partition coefficient (Wildman–Crippen LogP) is 2.84. The van der Waals surface area contributed by atoms with Crippen LogP contribution in [-0.2, 0) is 21.6 Å². The number of benzene rings is 1. The third kappa shape index (κ3) is 4.15. The summed E-state index contributed by atoms with van der Waals surface area (Å²) in [5.41, 5.74) is 2.52. The molecule has 0 radical (unpaired) electrons. The topological polar surface area (TPSA) is 69.0 Å². The van der Waals surface area contributed by atoms with Crippen LogP contribution in [0.3, 0.4) is 0 Å². The molecule has 0 bridgehead atoms. The second kappa shape index (κ2) is 7.93. The third-order valence-corrected chi connectivity index (χ3v) is 4.41. The minimum Gasteiger partial charge on any atom is -0.469 e. The van der Waals surface area contributed by atoms with Crippen LogP contribution in [0.4, 0.5) is 0 Å². The Bertz CT molecular complexity index is 849. The largest absolute Gasteiger partial charge is 0.469 e. The van der Waals surface area contributed by atoms with Crippen LogP contribution in [0.1, 0.15) is 24.5 Å². The molecule has 1 atom stereocenters. The second-order valence-electron chi connectivity index (χ2n) is 6.29. The first-order valence-corrected chi connectivity index (χ1v) is 8.42. The molecule has 0 amide bonds. The molecule has 0 aliphatic rings. The molecule has 6 heteroatoms. The molecular weight excluding hydrogens is 328 g/mol. The molecule has 3 aromatic rings. The lowest BCUT2D eigenvalue weighted by molar-refractivity contribution is -0.142. The highest BCUT2D eigenvalue weighted by Gasteiger charge is 2.29. The summed E-state index contributed by atoms with van der Waals surface area (Å²) in [6.45, 7) is 2.60. The average molecular weight is 350 g/mol. The molecule has 0 aliphatic carbocycles. The van der Waals surface area contributed by atoms with Crippen LogP contribution in [0, 0.1) is 0 Å². The predicted molar refractivity (Wildman–Crippen MR) is 98.6 cm³/mol. The highest BCUT2D eigenvalue weighted by Crippen LogP contribution is 2.25. The van der Waals surface area contributed by atoms with Gasteiger partial charge in [0, 0.05) is 31.3 Å². The fourth-order valence-electron chi connectivity index (χ4n) is 2.87. The lowest BCUT2D eigenvalue weighted by Crippen LogP contribution is -2.41. The van der Waals surface area contributed by atoms with Crippen molar-refractivity contribution in [1.29, 1.82) is 0 Å². The molecule has 0 fully saturated rings. The first kappa shape index (κ1) is 17.8. The number of esters is 1. The van der Waals surface area contributed by atoms with E-state index in [1.54, 1.807) is 18.6 Å². The van der Waals surface area contributed by atoms with Crippen molar-refractivity contribution in [2.75, 3.05) is 7.11 Å². The first-order chi connectivity index (χ1) is 12.6. The van der Waals surface area contributed by atoms with E-state index in [2.05, 4.69) is 21.5 Å². The Kier molecular flexibility index (Phi) is 5.43. The van der Waals surface area contributed by atoms with Gasteiger partial charge in [-0.05, 0) is 48.4 Å². The van der Waals surface area contributed by atoms with Gasteiger partial charge in [-0.15, -0.1) is 0 Å². The average Bonchev–Trinajstić information content (AvgIpc) is 3.22. The van der Waals surface area contributed by atoms with Gasteiger partial charge in [-0.1, -0.05) is 12.1 Å². The number of nitrogens with one attached hydrogen (secondary N) is 1. The number of hydrogen-bond acceptors (Lipinski definition) is 5. The standard InChI is InChI=1S/C20H22N4O2/c1-20(14-19(25)26-2,17-7-10-21-11-8-17)22-15-16-5-3-6-18(13-16)24-12-4-9-23-24/h3-13,22H,14-15H2,1-2H3. The van der Waals surface area contributed by atoms with Gasteiger partial charge < -0.3 is 10.1 Å². The van der Waals surface area contributed by atoms with Gasteiger partial charge in [-0.3, -0.25) is 9.78 Å². The van der Waals surface area contributed by atoms with Gasteiger partial charge in [-0.2, -0.15) is 5.10 Å². The lowest BCUT2D eigenvalue weighted by Gasteiger charge is -2.30. The van der Waals surface area contributed by atoms with E-state index >= 15 is 0 Å². The molecule has 0 saturated heterocycles. The second-order valence-corrected chi connectivity index (χ2v) is 6.29. The molecule has 0 saturated carbocycles. The fourth-order valence-corrected chi connectivity index (χ4v) is 2.87. The van der Waals surface area contributed by atoms with Gasteiger partial charge in [-0.25, -0.2) is 4.68 Å². The van der Waals surface area contributed by atoms with Crippen LogP contribution >= 0.6 is 0 Å². The Morgan fingerprint density at radius 1 is 1.19 bits per heavy atom. The van der Waals surface area contributed by atoms with Crippen molar-refractivity contribution in [1.82, 2.24) is 20.1 Å². The number of pyridine rings is 1. The summed E-state index contributed by atoms with van der Waals surface area (Å²) in [6.07, 6.45) is 7.34. The Morgan fingerprint density at radius 2 is 2.00 bits per heavy atom. The zero-order valence-corrected chi connectivity index (χ0v) is 14.9. The van der Waals surface area contributed by atoms with Crippen molar-refractivity contribution < 1.29 is 9.53 Å². The maximum absolute atomic E-state index is 11.9. The van der Waals surface area contributed by atoms with Crippen LogP contribution < -0.4 is 5.32 Å². The van der Waals surface area contributed by atoms with E-state index in [1.165, 1.54) is 7.11 Å². The van der Waals surface area contributed by atoms with Crippen molar-refractivity contribution in [2.45, 2.75) is 25.4 Å². The van der Waals surface area contributed by atoms with Gasteiger partial charge in [0.2, 0.25) is 0 Å². The summed E-state index contributed by atoms with van der Waals surface area (Å²) in [4.78, 5) is 16.0. The molecule has 1 aromatic carbocycles. The van der Waals surface area contributed by atoms with E-state index in [0.29, 0.717) is 6.54 Å². The Balaban J connectivity index is 1.80. The van der Waals surface area contributed by atoms with Crippen molar-refractivity contribution in [3.8, 4) is 5.69 Å². The number of methoxy groups -OCH3 is 1. The number of rotatable bonds is 7. The maximum Gasteiger partial charge on any atom is 0.307 e. The number of carbonyl (C=O) groups is 1. The summed E-state index contributed by atoms with van der Waals surface area (Å²) in [5.74, 6) is -0.262. The highest BCUT2D eigenvalue weighted by molar-refractivity contribution is 5.71. The van der Waals surface area contributed by atoms with Gasteiger partial charge in [0.05, 0.1) is 24.8 Å². The minimum atomic E-state index is -0.558. The normalized spacial score (nSPS) is 13.2. The van der Waals surface area contributed by atoms with Gasteiger partial charge in [0.25, 0.3) is 0 Å². The van der Waals surface area contributed by atoms with Gasteiger partial charge >= 0.3 is 5.97 Å². The van der Waals surface area contributed by atoms with Crippen molar-refractivity contribution in [2.24, 2.45) is 0 Å². The van der Waals surface area contributed by atoms with Crippen LogP contribution in [-0.4, -0.2) is 27.8 Å². The number of aromatic nitrogens is 3. The monoisotopic (exact) mass is 350 g/mol. The van der Waals surface area contributed by atoms with Crippen LogP contribution in [0.15, 0.2) is 67.3 Å². The summed E-state index contributed by atoms with van der Waals surface area (Å²) >= 11 is 0. The molecule has 0 aliphatic heterocycles. The summed E-state index contributed by atoms with van der Waals surface area (Å²) in [6, 6.07) is 13.8. The molecule has 26 heavy (non-hydrogen) atoms. The first-order valence-electron chi connectivity index (χ1n) is 8.42. The molecule has 2 heterocycles.